The number of allylic oxidation sites excluding steroid dienone is 1. The third-order valence-corrected chi connectivity index (χ3v) is 7.00. The van der Waals surface area contributed by atoms with Gasteiger partial charge in [0.15, 0.2) is 5.84 Å². The second-order valence-corrected chi connectivity index (χ2v) is 10.0. The molecule has 9 heteroatoms. The van der Waals surface area contributed by atoms with Crippen molar-refractivity contribution in [2.45, 2.75) is 58.5 Å². The number of halogens is 2. The number of amidine groups is 1. The molecule has 7 nitrogen and oxygen atoms in total. The van der Waals surface area contributed by atoms with Gasteiger partial charge in [-0.1, -0.05) is 57.0 Å². The first-order chi connectivity index (χ1) is 16.8. The van der Waals surface area contributed by atoms with Crippen molar-refractivity contribution < 1.29 is 4.79 Å². The van der Waals surface area contributed by atoms with Crippen molar-refractivity contribution in [2.75, 3.05) is 25.5 Å². The van der Waals surface area contributed by atoms with Crippen LogP contribution < -0.4 is 16.1 Å². The summed E-state index contributed by atoms with van der Waals surface area (Å²) in [5.74, 6) is 1.06. The minimum absolute atomic E-state index is 0.00562. The SMILES string of the molecule is C=C(CC)/C(=C1/C=NNC1=NC)N1CCC(C)C(NC(=O)C(CCC)Nc2cc(Cl)cc(Cl)c2)C1. The molecule has 35 heavy (non-hydrogen) atoms. The number of carbonyl (C=O) groups excluding carboxylic acids is 1. The fraction of sp³-hybridized carbons (Fsp3) is 0.500. The van der Waals surface area contributed by atoms with Gasteiger partial charge in [0.05, 0.1) is 17.5 Å². The van der Waals surface area contributed by atoms with E-state index in [1.165, 1.54) is 0 Å². The van der Waals surface area contributed by atoms with Crippen molar-refractivity contribution in [3.63, 3.8) is 0 Å². The molecule has 0 bridgehead atoms. The number of benzene rings is 1. The summed E-state index contributed by atoms with van der Waals surface area (Å²) in [5, 5.41) is 11.9. The summed E-state index contributed by atoms with van der Waals surface area (Å²) in [6, 6.07) is 4.86. The second-order valence-electron chi connectivity index (χ2n) is 9.13. The van der Waals surface area contributed by atoms with Gasteiger partial charge in [-0.25, -0.2) is 0 Å². The van der Waals surface area contributed by atoms with Crippen LogP contribution in [0.5, 0.6) is 0 Å². The summed E-state index contributed by atoms with van der Waals surface area (Å²) < 4.78 is 0. The van der Waals surface area contributed by atoms with Crippen LogP contribution in [0.2, 0.25) is 10.0 Å². The number of hydrogen-bond donors (Lipinski definition) is 3. The molecule has 3 rings (SSSR count). The van der Waals surface area contributed by atoms with Crippen LogP contribution in [0.3, 0.4) is 0 Å². The lowest BCUT2D eigenvalue weighted by molar-refractivity contribution is -0.123. The highest BCUT2D eigenvalue weighted by Gasteiger charge is 2.32. The number of rotatable bonds is 9. The lowest BCUT2D eigenvalue weighted by Crippen LogP contribution is -2.54. The molecule has 190 valence electrons. The molecule has 3 unspecified atom stereocenters. The minimum atomic E-state index is -0.384. The van der Waals surface area contributed by atoms with E-state index >= 15 is 0 Å². The Kier molecular flexibility index (Phi) is 9.63. The van der Waals surface area contributed by atoms with Crippen LogP contribution in [0, 0.1) is 5.92 Å². The predicted molar refractivity (Wildman–Crippen MR) is 148 cm³/mol. The van der Waals surface area contributed by atoms with Crippen molar-refractivity contribution in [2.24, 2.45) is 16.0 Å². The monoisotopic (exact) mass is 518 g/mol. The number of anilines is 1. The largest absolute Gasteiger partial charge is 0.374 e. The summed E-state index contributed by atoms with van der Waals surface area (Å²) in [5.41, 5.74) is 6.72. The van der Waals surface area contributed by atoms with Gasteiger partial charge < -0.3 is 15.5 Å². The van der Waals surface area contributed by atoms with Gasteiger partial charge in [0.2, 0.25) is 5.91 Å². The number of nitrogens with one attached hydrogen (secondary N) is 3. The standard InChI is InChI=1S/C26H36Cl2N6O/c1-6-8-22(31-20-12-18(27)11-19(28)13-20)26(35)32-23-15-34(10-9-17(23)4)24(16(3)7-2)21-14-30-33-25(21)29-5/h11-14,17,22-23,31H,3,6-10,15H2,1-2,4-5H3,(H,29,33)(H,32,35)/b24-21+. The maximum Gasteiger partial charge on any atom is 0.242 e. The van der Waals surface area contributed by atoms with Gasteiger partial charge in [0, 0.05) is 41.9 Å². The highest BCUT2D eigenvalue weighted by atomic mass is 35.5. The van der Waals surface area contributed by atoms with E-state index in [0.717, 1.165) is 54.2 Å². The quantitative estimate of drug-likeness (QED) is 0.417. The molecule has 0 spiro atoms. The first-order valence-corrected chi connectivity index (χ1v) is 13.0. The number of hydrogen-bond acceptors (Lipinski definition) is 5. The Morgan fingerprint density at radius 1 is 1.31 bits per heavy atom. The third-order valence-electron chi connectivity index (χ3n) is 6.56. The number of amides is 1. The summed E-state index contributed by atoms with van der Waals surface area (Å²) in [6.07, 6.45) is 5.14. The number of aliphatic imine (C=N–C) groups is 1. The number of likely N-dealkylation sites (tertiary alicyclic amines) is 1. The average Bonchev–Trinajstić information content (AvgIpc) is 3.28. The molecule has 1 fully saturated rings. The number of nitrogens with zero attached hydrogens (tertiary/aromatic N) is 3. The number of carbonyl (C=O) groups is 1. The topological polar surface area (TPSA) is 81.1 Å². The molecule has 0 aliphatic carbocycles. The van der Waals surface area contributed by atoms with Crippen LogP contribution in [-0.2, 0) is 4.79 Å². The Hall–Kier alpha value is -2.51. The molecule has 3 atom stereocenters. The van der Waals surface area contributed by atoms with Gasteiger partial charge in [-0.05, 0) is 49.0 Å². The Balaban J connectivity index is 1.79. The fourth-order valence-corrected chi connectivity index (χ4v) is 5.04. The van der Waals surface area contributed by atoms with E-state index in [0.29, 0.717) is 28.9 Å². The molecular formula is C26H36Cl2N6O. The van der Waals surface area contributed by atoms with E-state index in [1.807, 2.05) is 0 Å². The molecular weight excluding hydrogens is 483 g/mol. The summed E-state index contributed by atoms with van der Waals surface area (Å²) in [7, 11) is 1.75. The normalized spacial score (nSPS) is 23.1. The Morgan fingerprint density at radius 3 is 2.66 bits per heavy atom. The summed E-state index contributed by atoms with van der Waals surface area (Å²) >= 11 is 12.3. The molecule has 0 aromatic heterocycles. The van der Waals surface area contributed by atoms with E-state index in [2.05, 4.69) is 58.4 Å². The Labute approximate surface area is 218 Å². The van der Waals surface area contributed by atoms with Gasteiger partial charge in [-0.3, -0.25) is 15.2 Å². The zero-order valence-electron chi connectivity index (χ0n) is 21.0. The summed E-state index contributed by atoms with van der Waals surface area (Å²) in [4.78, 5) is 20.1. The molecule has 3 N–H and O–H groups in total. The zero-order chi connectivity index (χ0) is 25.5. The van der Waals surface area contributed by atoms with Gasteiger partial charge in [0.25, 0.3) is 0 Å². The van der Waals surface area contributed by atoms with Crippen LogP contribution in [0.4, 0.5) is 5.69 Å². The predicted octanol–water partition coefficient (Wildman–Crippen LogP) is 5.24. The maximum atomic E-state index is 13.4. The molecule has 1 aromatic carbocycles. The van der Waals surface area contributed by atoms with Crippen LogP contribution in [0.25, 0.3) is 0 Å². The smallest absolute Gasteiger partial charge is 0.242 e. The molecule has 2 aliphatic heterocycles. The highest BCUT2D eigenvalue weighted by molar-refractivity contribution is 6.35. The van der Waals surface area contributed by atoms with Crippen LogP contribution in [0.1, 0.15) is 46.5 Å². The first kappa shape index (κ1) is 27.1. The van der Waals surface area contributed by atoms with Crippen molar-refractivity contribution in [3.8, 4) is 0 Å². The molecule has 2 heterocycles. The minimum Gasteiger partial charge on any atom is -0.374 e. The van der Waals surface area contributed by atoms with Crippen molar-refractivity contribution >= 4 is 46.8 Å². The van der Waals surface area contributed by atoms with Crippen LogP contribution >= 0.6 is 23.2 Å². The molecule has 1 saturated heterocycles. The van der Waals surface area contributed by atoms with Crippen LogP contribution in [-0.4, -0.2) is 55.1 Å². The van der Waals surface area contributed by atoms with Gasteiger partial charge in [0.1, 0.15) is 6.04 Å². The lowest BCUT2D eigenvalue weighted by atomic mass is 9.91. The van der Waals surface area contributed by atoms with Gasteiger partial charge >= 0.3 is 0 Å². The number of piperidine rings is 1. The first-order valence-electron chi connectivity index (χ1n) is 12.2. The average molecular weight is 520 g/mol. The third kappa shape index (κ3) is 6.79. The highest BCUT2D eigenvalue weighted by Crippen LogP contribution is 2.29. The van der Waals surface area contributed by atoms with E-state index in [9.17, 15) is 4.79 Å². The Bertz CT molecular complexity index is 1010. The number of hydrazone groups is 1. The van der Waals surface area contributed by atoms with E-state index in [-0.39, 0.29) is 18.0 Å². The van der Waals surface area contributed by atoms with Gasteiger partial charge in [-0.2, -0.15) is 5.10 Å². The van der Waals surface area contributed by atoms with Gasteiger partial charge in [-0.15, -0.1) is 0 Å². The molecule has 0 radical (unpaired) electrons. The molecule has 2 aliphatic rings. The van der Waals surface area contributed by atoms with E-state index in [4.69, 9.17) is 23.2 Å². The molecule has 1 amide bonds. The van der Waals surface area contributed by atoms with Crippen molar-refractivity contribution in [1.82, 2.24) is 15.6 Å². The van der Waals surface area contributed by atoms with Crippen LogP contribution in [0.15, 0.2) is 51.7 Å². The fourth-order valence-electron chi connectivity index (χ4n) is 4.51. The second kappa shape index (κ2) is 12.5. The Morgan fingerprint density at radius 2 is 2.03 bits per heavy atom. The van der Waals surface area contributed by atoms with E-state index < -0.39 is 0 Å². The van der Waals surface area contributed by atoms with Crippen molar-refractivity contribution in [1.29, 1.82) is 0 Å². The molecule has 1 aromatic rings. The van der Waals surface area contributed by atoms with E-state index in [1.54, 1.807) is 31.5 Å². The summed E-state index contributed by atoms with van der Waals surface area (Å²) in [6.45, 7) is 12.3. The molecule has 0 saturated carbocycles. The van der Waals surface area contributed by atoms with Crippen molar-refractivity contribution in [3.05, 3.63) is 51.7 Å². The lowest BCUT2D eigenvalue weighted by Gasteiger charge is -2.41. The zero-order valence-corrected chi connectivity index (χ0v) is 22.5. The maximum absolute atomic E-state index is 13.4.